The molecule has 1 aliphatic rings. The summed E-state index contributed by atoms with van der Waals surface area (Å²) >= 11 is 0. The van der Waals surface area contributed by atoms with Crippen LogP contribution in [-0.2, 0) is 0 Å². The van der Waals surface area contributed by atoms with Crippen molar-refractivity contribution >= 4 is 0 Å². The van der Waals surface area contributed by atoms with Crippen LogP contribution in [0.3, 0.4) is 0 Å². The molecule has 1 heterocycles. The SMILES string of the molecule is COc1ccc(C(C2CCCN2)N(C)C)cc1. The van der Waals surface area contributed by atoms with Gasteiger partial charge in [-0.2, -0.15) is 0 Å². The Kier molecular flexibility index (Phi) is 4.02. The lowest BCUT2D eigenvalue weighted by Crippen LogP contribution is -2.37. The van der Waals surface area contributed by atoms with Crippen molar-refractivity contribution in [2.24, 2.45) is 0 Å². The summed E-state index contributed by atoms with van der Waals surface area (Å²) in [4.78, 5) is 2.30. The van der Waals surface area contributed by atoms with Gasteiger partial charge in [0.1, 0.15) is 5.75 Å². The van der Waals surface area contributed by atoms with Gasteiger partial charge in [-0.3, -0.25) is 0 Å². The van der Waals surface area contributed by atoms with Crippen LogP contribution < -0.4 is 10.1 Å². The van der Waals surface area contributed by atoms with E-state index in [1.807, 2.05) is 12.1 Å². The van der Waals surface area contributed by atoms with E-state index in [0.29, 0.717) is 12.1 Å². The molecule has 1 N–H and O–H groups in total. The average Bonchev–Trinajstić information content (AvgIpc) is 2.83. The Labute approximate surface area is 104 Å². The molecule has 0 aromatic heterocycles. The molecule has 3 heteroatoms. The average molecular weight is 234 g/mol. The molecule has 0 saturated carbocycles. The Morgan fingerprint density at radius 3 is 2.47 bits per heavy atom. The molecule has 1 fully saturated rings. The molecule has 0 amide bonds. The van der Waals surface area contributed by atoms with Crippen molar-refractivity contribution in [1.29, 1.82) is 0 Å². The highest BCUT2D eigenvalue weighted by atomic mass is 16.5. The zero-order valence-electron chi connectivity index (χ0n) is 10.9. The van der Waals surface area contributed by atoms with Crippen LogP contribution >= 0.6 is 0 Å². The summed E-state index contributed by atoms with van der Waals surface area (Å²) < 4.78 is 5.21. The van der Waals surface area contributed by atoms with Crippen molar-refractivity contribution < 1.29 is 4.74 Å². The molecule has 0 radical (unpaired) electrons. The van der Waals surface area contributed by atoms with Gasteiger partial charge in [0.15, 0.2) is 0 Å². The monoisotopic (exact) mass is 234 g/mol. The maximum Gasteiger partial charge on any atom is 0.118 e. The van der Waals surface area contributed by atoms with Crippen molar-refractivity contribution in [1.82, 2.24) is 10.2 Å². The molecular weight excluding hydrogens is 212 g/mol. The second-order valence-corrected chi connectivity index (χ2v) is 4.88. The zero-order valence-corrected chi connectivity index (χ0v) is 10.9. The van der Waals surface area contributed by atoms with E-state index in [2.05, 4.69) is 36.4 Å². The van der Waals surface area contributed by atoms with Gasteiger partial charge in [0, 0.05) is 12.1 Å². The molecule has 2 rings (SSSR count). The number of nitrogens with one attached hydrogen (secondary N) is 1. The van der Waals surface area contributed by atoms with Crippen LogP contribution in [0.15, 0.2) is 24.3 Å². The first kappa shape index (κ1) is 12.4. The van der Waals surface area contributed by atoms with E-state index in [4.69, 9.17) is 4.74 Å². The molecule has 1 saturated heterocycles. The predicted molar refractivity (Wildman–Crippen MR) is 70.4 cm³/mol. The summed E-state index contributed by atoms with van der Waals surface area (Å²) in [6.07, 6.45) is 2.54. The van der Waals surface area contributed by atoms with Crippen LogP contribution in [0.25, 0.3) is 0 Å². The summed E-state index contributed by atoms with van der Waals surface area (Å²) in [5.41, 5.74) is 1.36. The van der Waals surface area contributed by atoms with Gasteiger partial charge in [0.2, 0.25) is 0 Å². The molecule has 1 aliphatic heterocycles. The van der Waals surface area contributed by atoms with Gasteiger partial charge in [-0.25, -0.2) is 0 Å². The van der Waals surface area contributed by atoms with Gasteiger partial charge in [-0.1, -0.05) is 12.1 Å². The van der Waals surface area contributed by atoms with Crippen molar-refractivity contribution in [3.63, 3.8) is 0 Å². The summed E-state index contributed by atoms with van der Waals surface area (Å²) in [7, 11) is 6.00. The predicted octanol–water partition coefficient (Wildman–Crippen LogP) is 2.05. The Morgan fingerprint density at radius 1 is 1.29 bits per heavy atom. The van der Waals surface area contributed by atoms with Gasteiger partial charge in [-0.15, -0.1) is 0 Å². The smallest absolute Gasteiger partial charge is 0.118 e. The normalized spacial score (nSPS) is 21.8. The maximum absolute atomic E-state index is 5.21. The third-order valence-electron chi connectivity index (χ3n) is 3.49. The molecule has 0 aliphatic carbocycles. The van der Waals surface area contributed by atoms with Crippen molar-refractivity contribution in [3.05, 3.63) is 29.8 Å². The van der Waals surface area contributed by atoms with Gasteiger partial charge in [-0.05, 0) is 51.2 Å². The second-order valence-electron chi connectivity index (χ2n) is 4.88. The second kappa shape index (κ2) is 5.52. The highest BCUT2D eigenvalue weighted by molar-refractivity contribution is 5.30. The quantitative estimate of drug-likeness (QED) is 0.863. The number of ether oxygens (including phenoxy) is 1. The van der Waals surface area contributed by atoms with Crippen LogP contribution in [0, 0.1) is 0 Å². The summed E-state index contributed by atoms with van der Waals surface area (Å²) in [6.45, 7) is 1.14. The number of hydrogen-bond acceptors (Lipinski definition) is 3. The molecule has 94 valence electrons. The van der Waals surface area contributed by atoms with E-state index >= 15 is 0 Å². The molecule has 0 bridgehead atoms. The van der Waals surface area contributed by atoms with E-state index < -0.39 is 0 Å². The first-order valence-electron chi connectivity index (χ1n) is 6.26. The lowest BCUT2D eigenvalue weighted by Gasteiger charge is -2.30. The number of likely N-dealkylation sites (N-methyl/N-ethyl adjacent to an activating group) is 1. The lowest BCUT2D eigenvalue weighted by atomic mass is 9.97. The molecule has 0 spiro atoms. The molecule has 17 heavy (non-hydrogen) atoms. The minimum absolute atomic E-state index is 0.448. The lowest BCUT2D eigenvalue weighted by molar-refractivity contribution is 0.244. The third kappa shape index (κ3) is 2.79. The number of nitrogens with zero attached hydrogens (tertiary/aromatic N) is 1. The Bertz CT molecular complexity index is 342. The van der Waals surface area contributed by atoms with Gasteiger partial charge in [0.25, 0.3) is 0 Å². The Hall–Kier alpha value is -1.06. The van der Waals surface area contributed by atoms with E-state index in [1.54, 1.807) is 7.11 Å². The molecule has 2 atom stereocenters. The maximum atomic E-state index is 5.21. The molecule has 2 unspecified atom stereocenters. The van der Waals surface area contributed by atoms with Crippen LogP contribution in [0.5, 0.6) is 5.75 Å². The fourth-order valence-corrected chi connectivity index (χ4v) is 2.67. The van der Waals surface area contributed by atoms with Crippen LogP contribution in [0.1, 0.15) is 24.4 Å². The Morgan fingerprint density at radius 2 is 2.00 bits per heavy atom. The molecule has 1 aromatic carbocycles. The Balaban J connectivity index is 2.19. The number of methoxy groups -OCH3 is 1. The summed E-state index contributed by atoms with van der Waals surface area (Å²) in [5.74, 6) is 0.922. The van der Waals surface area contributed by atoms with Crippen LogP contribution in [0.2, 0.25) is 0 Å². The van der Waals surface area contributed by atoms with Crippen molar-refractivity contribution in [2.45, 2.75) is 24.9 Å². The van der Waals surface area contributed by atoms with Gasteiger partial charge < -0.3 is 15.0 Å². The van der Waals surface area contributed by atoms with Crippen LogP contribution in [0.4, 0.5) is 0 Å². The fourth-order valence-electron chi connectivity index (χ4n) is 2.67. The first-order chi connectivity index (χ1) is 8.22. The largest absolute Gasteiger partial charge is 0.497 e. The first-order valence-corrected chi connectivity index (χ1v) is 6.26. The molecular formula is C14H22N2O. The van der Waals surface area contributed by atoms with E-state index in [0.717, 1.165) is 12.3 Å². The molecule has 3 nitrogen and oxygen atoms in total. The minimum Gasteiger partial charge on any atom is -0.497 e. The van der Waals surface area contributed by atoms with Crippen molar-refractivity contribution in [2.75, 3.05) is 27.7 Å². The highest BCUT2D eigenvalue weighted by Crippen LogP contribution is 2.28. The zero-order chi connectivity index (χ0) is 12.3. The minimum atomic E-state index is 0.448. The topological polar surface area (TPSA) is 24.5 Å². The van der Waals surface area contributed by atoms with Crippen molar-refractivity contribution in [3.8, 4) is 5.75 Å². The van der Waals surface area contributed by atoms with E-state index in [-0.39, 0.29) is 0 Å². The summed E-state index contributed by atoms with van der Waals surface area (Å²) in [5, 5.41) is 3.59. The van der Waals surface area contributed by atoms with Gasteiger partial charge in [0.05, 0.1) is 7.11 Å². The summed E-state index contributed by atoms with van der Waals surface area (Å²) in [6, 6.07) is 9.44. The van der Waals surface area contributed by atoms with E-state index in [1.165, 1.54) is 18.4 Å². The highest BCUT2D eigenvalue weighted by Gasteiger charge is 2.27. The van der Waals surface area contributed by atoms with Gasteiger partial charge >= 0.3 is 0 Å². The third-order valence-corrected chi connectivity index (χ3v) is 3.49. The number of rotatable bonds is 4. The number of hydrogen-bond donors (Lipinski definition) is 1. The number of benzene rings is 1. The molecule has 1 aromatic rings. The van der Waals surface area contributed by atoms with Crippen LogP contribution in [-0.4, -0.2) is 38.7 Å². The standard InChI is InChI=1S/C14H22N2O/c1-16(2)14(13-5-4-10-15-13)11-6-8-12(17-3)9-7-11/h6-9,13-15H,4-5,10H2,1-3H3. The van der Waals surface area contributed by atoms with E-state index in [9.17, 15) is 0 Å². The fraction of sp³-hybridized carbons (Fsp3) is 0.571.